The highest BCUT2D eigenvalue weighted by Gasteiger charge is 2.25. The van der Waals surface area contributed by atoms with E-state index in [4.69, 9.17) is 9.26 Å². The number of carbonyl (C=O) groups excluding carboxylic acids is 1. The molecule has 2 aromatic heterocycles. The standard InChI is InChI=1S/C24H28N6O3/c1-32-20-6-4-18(5-7-20)23-26-22(33-27-23)17-28-12-14-30(15-13-28)24(31)21-16-19(8-9-25-21)29-10-2-3-11-29/h4-9,16H,2-3,10-15,17H2,1H3. The fraction of sp³-hybridized carbons (Fsp3) is 0.417. The van der Waals surface area contributed by atoms with Crippen LogP contribution in [0, 0.1) is 0 Å². The first kappa shape index (κ1) is 21.4. The summed E-state index contributed by atoms with van der Waals surface area (Å²) in [5.74, 6) is 1.91. The summed E-state index contributed by atoms with van der Waals surface area (Å²) in [6, 6.07) is 11.5. The quantitative estimate of drug-likeness (QED) is 0.569. The number of methoxy groups -OCH3 is 1. The van der Waals surface area contributed by atoms with Gasteiger partial charge in [-0.05, 0) is 49.2 Å². The molecule has 0 N–H and O–H groups in total. The summed E-state index contributed by atoms with van der Waals surface area (Å²) >= 11 is 0. The van der Waals surface area contributed by atoms with Crippen LogP contribution in [-0.2, 0) is 6.54 Å². The minimum Gasteiger partial charge on any atom is -0.497 e. The Balaban J connectivity index is 1.16. The number of anilines is 1. The van der Waals surface area contributed by atoms with Crippen molar-refractivity contribution in [3.8, 4) is 17.1 Å². The van der Waals surface area contributed by atoms with Gasteiger partial charge in [0.25, 0.3) is 5.91 Å². The highest BCUT2D eigenvalue weighted by Crippen LogP contribution is 2.22. The lowest BCUT2D eigenvalue weighted by Gasteiger charge is -2.33. The molecule has 2 aliphatic heterocycles. The third-order valence-corrected chi connectivity index (χ3v) is 6.27. The normalized spacial score (nSPS) is 16.9. The van der Waals surface area contributed by atoms with E-state index in [-0.39, 0.29) is 5.91 Å². The molecule has 2 aliphatic rings. The SMILES string of the molecule is COc1ccc(-c2noc(CN3CCN(C(=O)c4cc(N5CCCC5)ccn4)CC3)n2)cc1. The summed E-state index contributed by atoms with van der Waals surface area (Å²) < 4.78 is 10.6. The Morgan fingerprint density at radius 2 is 1.79 bits per heavy atom. The van der Waals surface area contributed by atoms with Crippen molar-refractivity contribution in [3.05, 3.63) is 54.2 Å². The minimum atomic E-state index is -0.00437. The van der Waals surface area contributed by atoms with E-state index in [1.165, 1.54) is 12.8 Å². The number of ether oxygens (including phenoxy) is 1. The van der Waals surface area contributed by atoms with Gasteiger partial charge in [0.1, 0.15) is 11.4 Å². The van der Waals surface area contributed by atoms with E-state index >= 15 is 0 Å². The number of pyridine rings is 1. The zero-order valence-electron chi connectivity index (χ0n) is 18.8. The van der Waals surface area contributed by atoms with Gasteiger partial charge in [-0.15, -0.1) is 0 Å². The summed E-state index contributed by atoms with van der Waals surface area (Å²) in [5.41, 5.74) is 2.49. The average molecular weight is 449 g/mol. The lowest BCUT2D eigenvalue weighted by Crippen LogP contribution is -2.48. The van der Waals surface area contributed by atoms with Gasteiger partial charge in [-0.3, -0.25) is 14.7 Å². The second-order valence-corrected chi connectivity index (χ2v) is 8.40. The van der Waals surface area contributed by atoms with Gasteiger partial charge in [-0.2, -0.15) is 4.98 Å². The van der Waals surface area contributed by atoms with Gasteiger partial charge in [0.2, 0.25) is 11.7 Å². The molecule has 1 amide bonds. The van der Waals surface area contributed by atoms with Crippen LogP contribution >= 0.6 is 0 Å². The second-order valence-electron chi connectivity index (χ2n) is 8.40. The van der Waals surface area contributed by atoms with E-state index in [0.717, 1.165) is 43.2 Å². The second kappa shape index (κ2) is 9.58. The Bertz CT molecular complexity index is 1090. The fourth-order valence-electron chi connectivity index (χ4n) is 4.35. The Kier molecular flexibility index (Phi) is 6.21. The molecule has 0 spiro atoms. The molecule has 33 heavy (non-hydrogen) atoms. The number of hydrogen-bond acceptors (Lipinski definition) is 8. The van der Waals surface area contributed by atoms with Crippen LogP contribution in [0.3, 0.4) is 0 Å². The first-order valence-corrected chi connectivity index (χ1v) is 11.4. The monoisotopic (exact) mass is 448 g/mol. The molecule has 0 unspecified atom stereocenters. The predicted molar refractivity (Wildman–Crippen MR) is 123 cm³/mol. The Morgan fingerprint density at radius 3 is 2.52 bits per heavy atom. The molecule has 3 aromatic rings. The van der Waals surface area contributed by atoms with Gasteiger partial charge >= 0.3 is 0 Å². The molecular weight excluding hydrogens is 420 g/mol. The molecule has 0 saturated carbocycles. The van der Waals surface area contributed by atoms with Gasteiger partial charge in [0.05, 0.1) is 13.7 Å². The van der Waals surface area contributed by atoms with Gasteiger partial charge in [-0.25, -0.2) is 0 Å². The average Bonchev–Trinajstić information content (AvgIpc) is 3.57. The van der Waals surface area contributed by atoms with Gasteiger partial charge in [0.15, 0.2) is 0 Å². The van der Waals surface area contributed by atoms with Crippen LogP contribution in [-0.4, -0.2) is 77.2 Å². The molecule has 0 aliphatic carbocycles. The topological polar surface area (TPSA) is 87.8 Å². The van der Waals surface area contributed by atoms with E-state index in [9.17, 15) is 4.79 Å². The van der Waals surface area contributed by atoms with Crippen LogP contribution in [0.15, 0.2) is 47.1 Å². The number of piperazine rings is 1. The highest BCUT2D eigenvalue weighted by molar-refractivity contribution is 5.93. The lowest BCUT2D eigenvalue weighted by atomic mass is 10.2. The number of aromatic nitrogens is 3. The van der Waals surface area contributed by atoms with Gasteiger partial charge in [-0.1, -0.05) is 5.16 Å². The zero-order valence-corrected chi connectivity index (χ0v) is 18.8. The number of benzene rings is 1. The van der Waals surface area contributed by atoms with Crippen LogP contribution < -0.4 is 9.64 Å². The van der Waals surface area contributed by atoms with E-state index in [0.29, 0.717) is 37.0 Å². The number of amides is 1. The minimum absolute atomic E-state index is 0.00437. The van der Waals surface area contributed by atoms with E-state index in [1.807, 2.05) is 41.3 Å². The maximum Gasteiger partial charge on any atom is 0.272 e. The van der Waals surface area contributed by atoms with Crippen molar-refractivity contribution in [3.63, 3.8) is 0 Å². The molecule has 172 valence electrons. The summed E-state index contributed by atoms with van der Waals surface area (Å²) in [7, 11) is 1.64. The summed E-state index contributed by atoms with van der Waals surface area (Å²) in [6.45, 7) is 5.45. The molecule has 0 bridgehead atoms. The molecule has 9 nitrogen and oxygen atoms in total. The number of nitrogens with zero attached hydrogens (tertiary/aromatic N) is 6. The van der Waals surface area contributed by atoms with Gasteiger partial charge in [0, 0.05) is 56.7 Å². The van der Waals surface area contributed by atoms with Crippen molar-refractivity contribution >= 4 is 11.6 Å². The predicted octanol–water partition coefficient (Wildman–Crippen LogP) is 2.70. The van der Waals surface area contributed by atoms with Crippen LogP contribution in [0.25, 0.3) is 11.4 Å². The van der Waals surface area contributed by atoms with Crippen molar-refractivity contribution in [2.24, 2.45) is 0 Å². The largest absolute Gasteiger partial charge is 0.497 e. The molecule has 0 atom stereocenters. The molecule has 2 fully saturated rings. The number of hydrogen-bond donors (Lipinski definition) is 0. The molecule has 0 radical (unpaired) electrons. The number of carbonyl (C=O) groups is 1. The maximum absolute atomic E-state index is 13.0. The van der Waals surface area contributed by atoms with E-state index < -0.39 is 0 Å². The smallest absolute Gasteiger partial charge is 0.272 e. The van der Waals surface area contributed by atoms with Crippen molar-refractivity contribution in [1.29, 1.82) is 0 Å². The first-order valence-electron chi connectivity index (χ1n) is 11.4. The molecule has 2 saturated heterocycles. The summed E-state index contributed by atoms with van der Waals surface area (Å²) in [6.07, 6.45) is 4.15. The van der Waals surface area contributed by atoms with E-state index in [1.54, 1.807) is 13.3 Å². The highest BCUT2D eigenvalue weighted by atomic mass is 16.5. The van der Waals surface area contributed by atoms with Gasteiger partial charge < -0.3 is 19.1 Å². The Hall–Kier alpha value is -3.46. The number of rotatable bonds is 6. The third-order valence-electron chi connectivity index (χ3n) is 6.27. The summed E-state index contributed by atoms with van der Waals surface area (Å²) in [5, 5.41) is 4.10. The van der Waals surface area contributed by atoms with Crippen molar-refractivity contribution in [2.75, 3.05) is 51.3 Å². The van der Waals surface area contributed by atoms with Crippen LogP contribution in [0.5, 0.6) is 5.75 Å². The molecule has 1 aromatic carbocycles. The Morgan fingerprint density at radius 1 is 1.03 bits per heavy atom. The lowest BCUT2D eigenvalue weighted by molar-refractivity contribution is 0.0609. The van der Waals surface area contributed by atoms with Crippen LogP contribution in [0.4, 0.5) is 5.69 Å². The van der Waals surface area contributed by atoms with Crippen molar-refractivity contribution in [2.45, 2.75) is 19.4 Å². The van der Waals surface area contributed by atoms with Crippen LogP contribution in [0.2, 0.25) is 0 Å². The summed E-state index contributed by atoms with van der Waals surface area (Å²) in [4.78, 5) is 28.3. The Labute approximate surface area is 193 Å². The van der Waals surface area contributed by atoms with Crippen molar-refractivity contribution in [1.82, 2.24) is 24.9 Å². The zero-order chi connectivity index (χ0) is 22.6. The molecule has 4 heterocycles. The maximum atomic E-state index is 13.0. The van der Waals surface area contributed by atoms with Crippen molar-refractivity contribution < 1.29 is 14.1 Å². The fourth-order valence-corrected chi connectivity index (χ4v) is 4.35. The molecule has 5 rings (SSSR count). The van der Waals surface area contributed by atoms with E-state index in [2.05, 4.69) is 24.9 Å². The molecular formula is C24H28N6O3. The molecule has 9 heteroatoms. The van der Waals surface area contributed by atoms with Crippen LogP contribution in [0.1, 0.15) is 29.2 Å². The third kappa shape index (κ3) is 4.83. The first-order chi connectivity index (χ1) is 16.2.